The fourth-order valence-electron chi connectivity index (χ4n) is 3.66. The van der Waals surface area contributed by atoms with Crippen LogP contribution in [0.3, 0.4) is 0 Å². The van der Waals surface area contributed by atoms with Crippen LogP contribution in [0.2, 0.25) is 0 Å². The third kappa shape index (κ3) is 3.77. The highest BCUT2D eigenvalue weighted by Gasteiger charge is 2.35. The zero-order chi connectivity index (χ0) is 19.0. The van der Waals surface area contributed by atoms with Crippen molar-refractivity contribution in [1.29, 1.82) is 0 Å². The Bertz CT molecular complexity index is 1000. The van der Waals surface area contributed by atoms with E-state index in [1.54, 1.807) is 24.3 Å². The van der Waals surface area contributed by atoms with Crippen molar-refractivity contribution in [2.75, 3.05) is 26.2 Å². The third-order valence-corrected chi connectivity index (χ3v) is 6.94. The second-order valence-corrected chi connectivity index (χ2v) is 8.61. The van der Waals surface area contributed by atoms with Crippen LogP contribution in [-0.2, 0) is 16.4 Å². The number of carbonyl (C=O) groups is 1. The molecule has 2 aliphatic heterocycles. The van der Waals surface area contributed by atoms with Gasteiger partial charge in [-0.2, -0.15) is 4.31 Å². The van der Waals surface area contributed by atoms with Crippen molar-refractivity contribution >= 4 is 28.3 Å². The first-order chi connectivity index (χ1) is 13.0. The summed E-state index contributed by atoms with van der Waals surface area (Å²) in [6.07, 6.45) is 0.682. The number of fused-ring (bicyclic) bond motifs is 1. The monoisotopic (exact) mass is 425 g/mol. The molecule has 2 aliphatic rings. The highest BCUT2D eigenvalue weighted by Crippen LogP contribution is 2.30. The number of hydrogen-bond donors (Lipinski definition) is 2. The summed E-state index contributed by atoms with van der Waals surface area (Å²) in [6.45, 7) is 1.73. The number of benzene rings is 2. The summed E-state index contributed by atoms with van der Waals surface area (Å²) in [6, 6.07) is 10.2. The van der Waals surface area contributed by atoms with Gasteiger partial charge in [-0.15, -0.1) is 12.4 Å². The minimum Gasteiger partial charge on any atom is -0.352 e. The number of nitrogens with zero attached hydrogens (tertiary/aromatic N) is 1. The van der Waals surface area contributed by atoms with Crippen LogP contribution < -0.4 is 10.6 Å². The number of carbonyl (C=O) groups excluding carboxylic acids is 1. The number of nitrogens with one attached hydrogen (secondary N) is 2. The average molecular weight is 426 g/mol. The number of rotatable bonds is 3. The van der Waals surface area contributed by atoms with Crippen LogP contribution in [0.1, 0.15) is 27.5 Å². The summed E-state index contributed by atoms with van der Waals surface area (Å²) >= 11 is 0. The number of halogens is 2. The normalized spacial score (nSPS) is 20.0. The molecule has 1 saturated heterocycles. The Morgan fingerprint density at radius 2 is 1.93 bits per heavy atom. The Kier molecular flexibility index (Phi) is 6.04. The van der Waals surface area contributed by atoms with E-state index in [-0.39, 0.29) is 29.8 Å². The number of piperazine rings is 1. The molecule has 0 bridgehead atoms. The number of sulfonamides is 1. The van der Waals surface area contributed by atoms with E-state index in [1.165, 1.54) is 22.5 Å². The van der Waals surface area contributed by atoms with Crippen LogP contribution in [0.5, 0.6) is 0 Å². The lowest BCUT2D eigenvalue weighted by Gasteiger charge is -2.35. The summed E-state index contributed by atoms with van der Waals surface area (Å²) in [5, 5.41) is 5.91. The zero-order valence-corrected chi connectivity index (χ0v) is 16.7. The van der Waals surface area contributed by atoms with Gasteiger partial charge in [0, 0.05) is 31.7 Å². The summed E-state index contributed by atoms with van der Waals surface area (Å²) in [7, 11) is -3.84. The second kappa shape index (κ2) is 8.16. The lowest BCUT2D eigenvalue weighted by Crippen LogP contribution is -2.48. The van der Waals surface area contributed by atoms with E-state index in [1.807, 2.05) is 0 Å². The molecule has 9 heteroatoms. The average Bonchev–Trinajstić information content (AvgIpc) is 2.68. The maximum Gasteiger partial charge on any atom is 0.251 e. The standard InChI is InChI=1S/C19H20FN3O3S.ClH/c20-15-3-1-2-14(10-15)18-12-21-8-9-23(18)27(25,26)16-5-4-13-6-7-22-19(24)17(13)11-16;/h1-5,10-11,18,21H,6-9,12H2,(H,22,24);1H. The molecule has 2 aromatic carbocycles. The van der Waals surface area contributed by atoms with Gasteiger partial charge in [0.25, 0.3) is 5.91 Å². The molecule has 0 aliphatic carbocycles. The van der Waals surface area contributed by atoms with E-state index in [0.717, 1.165) is 5.56 Å². The maximum atomic E-state index is 13.7. The van der Waals surface area contributed by atoms with Gasteiger partial charge in [-0.05, 0) is 41.8 Å². The minimum atomic E-state index is -3.84. The van der Waals surface area contributed by atoms with E-state index in [0.29, 0.717) is 37.2 Å². The smallest absolute Gasteiger partial charge is 0.251 e. The van der Waals surface area contributed by atoms with Gasteiger partial charge in [0.05, 0.1) is 10.9 Å². The van der Waals surface area contributed by atoms with Crippen LogP contribution in [0, 0.1) is 5.82 Å². The van der Waals surface area contributed by atoms with E-state index in [4.69, 9.17) is 0 Å². The molecular weight excluding hydrogens is 405 g/mol. The van der Waals surface area contributed by atoms with Crippen LogP contribution in [0.15, 0.2) is 47.4 Å². The number of hydrogen-bond acceptors (Lipinski definition) is 4. The first-order valence-electron chi connectivity index (χ1n) is 8.86. The quantitative estimate of drug-likeness (QED) is 0.787. The van der Waals surface area contributed by atoms with Crippen molar-refractivity contribution in [3.05, 3.63) is 65.0 Å². The van der Waals surface area contributed by atoms with Crippen molar-refractivity contribution in [2.24, 2.45) is 0 Å². The predicted octanol–water partition coefficient (Wildman–Crippen LogP) is 1.87. The molecule has 0 saturated carbocycles. The first kappa shape index (κ1) is 20.7. The zero-order valence-electron chi connectivity index (χ0n) is 15.0. The Morgan fingerprint density at radius 3 is 2.71 bits per heavy atom. The first-order valence-corrected chi connectivity index (χ1v) is 10.3. The molecule has 2 heterocycles. The molecule has 0 radical (unpaired) electrons. The highest BCUT2D eigenvalue weighted by atomic mass is 35.5. The third-order valence-electron chi connectivity index (χ3n) is 5.04. The Hall–Kier alpha value is -2.00. The van der Waals surface area contributed by atoms with Gasteiger partial charge >= 0.3 is 0 Å². The van der Waals surface area contributed by atoms with Crippen molar-refractivity contribution in [1.82, 2.24) is 14.9 Å². The van der Waals surface area contributed by atoms with Gasteiger partial charge in [0.1, 0.15) is 5.82 Å². The Morgan fingerprint density at radius 1 is 1.11 bits per heavy atom. The van der Waals surface area contributed by atoms with E-state index in [9.17, 15) is 17.6 Å². The molecule has 1 unspecified atom stereocenters. The van der Waals surface area contributed by atoms with E-state index in [2.05, 4.69) is 10.6 Å². The van der Waals surface area contributed by atoms with Crippen LogP contribution in [0.4, 0.5) is 4.39 Å². The van der Waals surface area contributed by atoms with Crippen molar-refractivity contribution in [3.63, 3.8) is 0 Å². The SMILES string of the molecule is Cl.O=C1NCCc2ccc(S(=O)(=O)N3CCNCC3c3cccc(F)c3)cc21. The molecule has 2 aromatic rings. The fourth-order valence-corrected chi connectivity index (χ4v) is 5.30. The lowest BCUT2D eigenvalue weighted by atomic mass is 10.0. The van der Waals surface area contributed by atoms with Gasteiger partial charge in [-0.25, -0.2) is 12.8 Å². The van der Waals surface area contributed by atoms with Gasteiger partial charge in [-0.3, -0.25) is 4.79 Å². The summed E-state index contributed by atoms with van der Waals surface area (Å²) in [5.41, 5.74) is 1.85. The molecule has 1 atom stereocenters. The maximum absolute atomic E-state index is 13.7. The molecule has 6 nitrogen and oxygen atoms in total. The molecule has 0 aromatic heterocycles. The molecule has 1 fully saturated rings. The van der Waals surface area contributed by atoms with Crippen molar-refractivity contribution in [2.45, 2.75) is 17.4 Å². The van der Waals surface area contributed by atoms with Crippen LogP contribution >= 0.6 is 12.4 Å². The minimum absolute atomic E-state index is 0. The van der Waals surface area contributed by atoms with Gasteiger partial charge in [-0.1, -0.05) is 18.2 Å². The van der Waals surface area contributed by atoms with Gasteiger partial charge < -0.3 is 10.6 Å². The fraction of sp³-hybridized carbons (Fsp3) is 0.316. The molecule has 0 spiro atoms. The lowest BCUT2D eigenvalue weighted by molar-refractivity contribution is 0.0945. The van der Waals surface area contributed by atoms with Gasteiger partial charge in [0.2, 0.25) is 10.0 Å². The van der Waals surface area contributed by atoms with Crippen molar-refractivity contribution < 1.29 is 17.6 Å². The molecule has 1 amide bonds. The van der Waals surface area contributed by atoms with Crippen LogP contribution in [-0.4, -0.2) is 44.8 Å². The van der Waals surface area contributed by atoms with E-state index < -0.39 is 21.9 Å². The summed E-state index contributed by atoms with van der Waals surface area (Å²) in [4.78, 5) is 12.2. The topological polar surface area (TPSA) is 78.5 Å². The molecule has 150 valence electrons. The largest absolute Gasteiger partial charge is 0.352 e. The van der Waals surface area contributed by atoms with Crippen molar-refractivity contribution in [3.8, 4) is 0 Å². The molecule has 4 rings (SSSR count). The molecule has 28 heavy (non-hydrogen) atoms. The second-order valence-electron chi connectivity index (χ2n) is 6.72. The van der Waals surface area contributed by atoms with Crippen LogP contribution in [0.25, 0.3) is 0 Å². The summed E-state index contributed by atoms with van der Waals surface area (Å²) in [5.74, 6) is -0.656. The van der Waals surface area contributed by atoms with Gasteiger partial charge in [0.15, 0.2) is 0 Å². The highest BCUT2D eigenvalue weighted by molar-refractivity contribution is 7.89. The summed E-state index contributed by atoms with van der Waals surface area (Å²) < 4.78 is 41.7. The Labute approximate surface area is 169 Å². The Balaban J connectivity index is 0.00000225. The predicted molar refractivity (Wildman–Crippen MR) is 106 cm³/mol. The molecular formula is C19H21ClFN3O3S. The molecule has 2 N–H and O–H groups in total. The number of amides is 1. The van der Waals surface area contributed by atoms with E-state index >= 15 is 0 Å².